The van der Waals surface area contributed by atoms with Crippen molar-refractivity contribution in [3.63, 3.8) is 0 Å². The summed E-state index contributed by atoms with van der Waals surface area (Å²) in [7, 11) is -3.24. The van der Waals surface area contributed by atoms with Gasteiger partial charge in [-0.3, -0.25) is 4.79 Å². The molecule has 0 aliphatic carbocycles. The zero-order valence-electron chi connectivity index (χ0n) is 12.1. The van der Waals surface area contributed by atoms with Gasteiger partial charge in [0.15, 0.2) is 15.5 Å². The summed E-state index contributed by atoms with van der Waals surface area (Å²) >= 11 is 0. The van der Waals surface area contributed by atoms with Gasteiger partial charge in [-0.2, -0.15) is 5.10 Å². The van der Waals surface area contributed by atoms with Gasteiger partial charge in [0.25, 0.3) is 5.56 Å². The highest BCUT2D eigenvalue weighted by Crippen LogP contribution is 2.19. The van der Waals surface area contributed by atoms with E-state index in [-0.39, 0.29) is 16.2 Å². The molecule has 0 spiro atoms. The summed E-state index contributed by atoms with van der Waals surface area (Å²) in [5.74, 6) is 0.0487. The molecule has 3 aromatic rings. The van der Waals surface area contributed by atoms with E-state index in [0.29, 0.717) is 22.4 Å². The van der Waals surface area contributed by atoms with Crippen molar-refractivity contribution >= 4 is 20.9 Å². The smallest absolute Gasteiger partial charge is 0.262 e. The van der Waals surface area contributed by atoms with Gasteiger partial charge in [0.05, 0.1) is 28.4 Å². The average molecular weight is 318 g/mol. The fourth-order valence-electron chi connectivity index (χ4n) is 2.27. The van der Waals surface area contributed by atoms with Crippen LogP contribution in [0, 0.1) is 6.92 Å². The summed E-state index contributed by atoms with van der Waals surface area (Å²) in [5, 5.41) is 4.74. The molecule has 0 radical (unpaired) electrons. The average Bonchev–Trinajstić information content (AvgIpc) is 2.86. The maximum Gasteiger partial charge on any atom is 0.262 e. The SMILES string of the molecule is CCS(=O)(=O)c1ccc(-n2nc(C)c3c(=O)[nH]cnc32)cc1. The third-order valence-corrected chi connectivity index (χ3v) is 5.22. The Labute approximate surface area is 126 Å². The first-order valence-corrected chi connectivity index (χ1v) is 8.35. The van der Waals surface area contributed by atoms with Gasteiger partial charge in [0, 0.05) is 0 Å². The first-order valence-electron chi connectivity index (χ1n) is 6.70. The van der Waals surface area contributed by atoms with Crippen molar-refractivity contribution in [2.45, 2.75) is 18.7 Å². The summed E-state index contributed by atoms with van der Waals surface area (Å²) in [4.78, 5) is 18.8. The van der Waals surface area contributed by atoms with Gasteiger partial charge in [-0.15, -0.1) is 0 Å². The lowest BCUT2D eigenvalue weighted by Gasteiger charge is -2.05. The number of hydrogen-bond acceptors (Lipinski definition) is 5. The zero-order chi connectivity index (χ0) is 15.9. The van der Waals surface area contributed by atoms with Crippen LogP contribution in [0.5, 0.6) is 0 Å². The molecule has 2 aromatic heterocycles. The van der Waals surface area contributed by atoms with Crippen LogP contribution >= 0.6 is 0 Å². The second kappa shape index (κ2) is 5.06. The molecule has 3 rings (SSSR count). The van der Waals surface area contributed by atoms with Crippen molar-refractivity contribution in [2.75, 3.05) is 5.75 Å². The molecule has 0 atom stereocenters. The predicted octanol–water partition coefficient (Wildman–Crippen LogP) is 1.21. The number of sulfone groups is 1. The van der Waals surface area contributed by atoms with Crippen LogP contribution in [-0.4, -0.2) is 33.9 Å². The molecule has 114 valence electrons. The minimum Gasteiger partial charge on any atom is -0.312 e. The van der Waals surface area contributed by atoms with E-state index in [2.05, 4.69) is 15.1 Å². The number of hydrogen-bond donors (Lipinski definition) is 1. The molecular formula is C14H14N4O3S. The van der Waals surface area contributed by atoms with E-state index in [1.807, 2.05) is 0 Å². The molecular weight excluding hydrogens is 304 g/mol. The Bertz CT molecular complexity index is 1000. The lowest BCUT2D eigenvalue weighted by atomic mass is 10.3. The molecule has 0 aliphatic heterocycles. The third kappa shape index (κ3) is 2.21. The fourth-order valence-corrected chi connectivity index (χ4v) is 3.15. The minimum atomic E-state index is -3.24. The lowest BCUT2D eigenvalue weighted by Crippen LogP contribution is -2.07. The molecule has 0 amide bonds. The molecule has 0 saturated heterocycles. The summed E-state index contributed by atoms with van der Waals surface area (Å²) in [6.07, 6.45) is 1.32. The van der Waals surface area contributed by atoms with Crippen LogP contribution < -0.4 is 5.56 Å². The number of H-pyrrole nitrogens is 1. The molecule has 1 aromatic carbocycles. The van der Waals surface area contributed by atoms with Crippen molar-refractivity contribution in [1.82, 2.24) is 19.7 Å². The van der Waals surface area contributed by atoms with Crippen LogP contribution in [0.25, 0.3) is 16.7 Å². The molecule has 0 fully saturated rings. The molecule has 0 aliphatic rings. The van der Waals surface area contributed by atoms with Gasteiger partial charge in [-0.1, -0.05) is 6.92 Å². The van der Waals surface area contributed by atoms with Gasteiger partial charge in [0.1, 0.15) is 5.39 Å². The fraction of sp³-hybridized carbons (Fsp3) is 0.214. The Hall–Kier alpha value is -2.48. The highest BCUT2D eigenvalue weighted by molar-refractivity contribution is 7.91. The first kappa shape index (κ1) is 14.5. The van der Waals surface area contributed by atoms with Gasteiger partial charge in [-0.05, 0) is 31.2 Å². The Morgan fingerprint density at radius 1 is 1.23 bits per heavy atom. The Morgan fingerprint density at radius 2 is 1.91 bits per heavy atom. The molecule has 0 saturated carbocycles. The van der Waals surface area contributed by atoms with Crippen molar-refractivity contribution in [3.8, 4) is 5.69 Å². The second-order valence-electron chi connectivity index (χ2n) is 4.82. The Morgan fingerprint density at radius 3 is 2.55 bits per heavy atom. The van der Waals surface area contributed by atoms with Crippen LogP contribution in [-0.2, 0) is 9.84 Å². The van der Waals surface area contributed by atoms with Crippen LogP contribution in [0.3, 0.4) is 0 Å². The number of aryl methyl sites for hydroxylation is 1. The summed E-state index contributed by atoms with van der Waals surface area (Å²) in [5.41, 5.74) is 1.40. The molecule has 7 nitrogen and oxygen atoms in total. The minimum absolute atomic E-state index is 0.0487. The van der Waals surface area contributed by atoms with E-state index in [4.69, 9.17) is 0 Å². The van der Waals surface area contributed by atoms with Crippen molar-refractivity contribution in [3.05, 3.63) is 46.6 Å². The van der Waals surface area contributed by atoms with Crippen molar-refractivity contribution in [2.24, 2.45) is 0 Å². The van der Waals surface area contributed by atoms with E-state index < -0.39 is 9.84 Å². The van der Waals surface area contributed by atoms with Crippen molar-refractivity contribution < 1.29 is 8.42 Å². The van der Waals surface area contributed by atoms with E-state index in [9.17, 15) is 13.2 Å². The molecule has 0 unspecified atom stereocenters. The molecule has 0 bridgehead atoms. The molecule has 2 heterocycles. The number of aromatic nitrogens is 4. The number of aromatic amines is 1. The van der Waals surface area contributed by atoms with Crippen molar-refractivity contribution in [1.29, 1.82) is 0 Å². The van der Waals surface area contributed by atoms with E-state index >= 15 is 0 Å². The molecule has 22 heavy (non-hydrogen) atoms. The summed E-state index contributed by atoms with van der Waals surface area (Å²) in [6, 6.07) is 6.36. The third-order valence-electron chi connectivity index (χ3n) is 3.47. The highest BCUT2D eigenvalue weighted by Gasteiger charge is 2.15. The van der Waals surface area contributed by atoms with E-state index in [1.54, 1.807) is 26.0 Å². The highest BCUT2D eigenvalue weighted by atomic mass is 32.2. The van der Waals surface area contributed by atoms with Crippen LogP contribution in [0.15, 0.2) is 40.3 Å². The number of fused-ring (bicyclic) bond motifs is 1. The topological polar surface area (TPSA) is 97.7 Å². The standard InChI is InChI=1S/C14H14N4O3S/c1-3-22(20,21)11-6-4-10(5-7-11)18-13-12(9(2)17-18)14(19)16-8-15-13/h4-8H,3H2,1-2H3,(H,15,16,19). The molecule has 1 N–H and O–H groups in total. The Balaban J connectivity index is 2.17. The summed E-state index contributed by atoms with van der Waals surface area (Å²) in [6.45, 7) is 3.33. The number of nitrogens with one attached hydrogen (secondary N) is 1. The lowest BCUT2D eigenvalue weighted by molar-refractivity contribution is 0.597. The van der Waals surface area contributed by atoms with Crippen LogP contribution in [0.1, 0.15) is 12.6 Å². The normalized spacial score (nSPS) is 11.9. The molecule has 8 heteroatoms. The quantitative estimate of drug-likeness (QED) is 0.783. The maximum atomic E-state index is 11.8. The van der Waals surface area contributed by atoms with Gasteiger partial charge >= 0.3 is 0 Å². The number of rotatable bonds is 3. The maximum absolute atomic E-state index is 11.8. The predicted molar refractivity (Wildman–Crippen MR) is 81.9 cm³/mol. The Kier molecular flexibility index (Phi) is 3.32. The number of benzene rings is 1. The second-order valence-corrected chi connectivity index (χ2v) is 7.10. The van der Waals surface area contributed by atoms with Gasteiger partial charge < -0.3 is 4.98 Å². The van der Waals surface area contributed by atoms with E-state index in [0.717, 1.165) is 0 Å². The largest absolute Gasteiger partial charge is 0.312 e. The number of nitrogens with zero attached hydrogens (tertiary/aromatic N) is 3. The van der Waals surface area contributed by atoms with E-state index in [1.165, 1.54) is 23.1 Å². The first-order chi connectivity index (χ1) is 10.4. The van der Waals surface area contributed by atoms with Gasteiger partial charge in [0.2, 0.25) is 0 Å². The monoisotopic (exact) mass is 318 g/mol. The summed E-state index contributed by atoms with van der Waals surface area (Å²) < 4.78 is 25.2. The van der Waals surface area contributed by atoms with Gasteiger partial charge in [-0.25, -0.2) is 18.1 Å². The zero-order valence-corrected chi connectivity index (χ0v) is 12.9. The van der Waals surface area contributed by atoms with Crippen LogP contribution in [0.2, 0.25) is 0 Å². The van der Waals surface area contributed by atoms with Crippen LogP contribution in [0.4, 0.5) is 0 Å².